The Morgan fingerprint density at radius 3 is 1.73 bits per heavy atom. The fourth-order valence-electron chi connectivity index (χ4n) is 4.17. The summed E-state index contributed by atoms with van der Waals surface area (Å²) in [6.07, 6.45) is -0.293. The minimum atomic E-state index is -2.11. The van der Waals surface area contributed by atoms with E-state index < -0.39 is 60.2 Å². The number of carbonyl (C=O) groups is 6. The van der Waals surface area contributed by atoms with Crippen LogP contribution in [0, 0.1) is 0 Å². The lowest BCUT2D eigenvalue weighted by Gasteiger charge is -2.24. The molecule has 2 aromatic carbocycles. The number of methoxy groups -OCH3 is 1. The van der Waals surface area contributed by atoms with Gasteiger partial charge in [-0.25, -0.2) is 9.59 Å². The molecule has 45 heavy (non-hydrogen) atoms. The third kappa shape index (κ3) is 12.9. The number of hydrogen-bond acceptors (Lipinski definition) is 8. The molecule has 6 N–H and O–H groups in total. The van der Waals surface area contributed by atoms with Gasteiger partial charge in [-0.3, -0.25) is 19.2 Å². The Labute approximate surface area is 260 Å². The Balaban J connectivity index is 2.27. The predicted octanol–water partition coefficient (Wildman–Crippen LogP) is 1.54. The molecule has 2 atom stereocenters. The molecule has 2 aromatic rings. The van der Waals surface area contributed by atoms with Crippen LogP contribution in [0.25, 0.3) is 0 Å². The highest BCUT2D eigenvalue weighted by Crippen LogP contribution is 2.17. The van der Waals surface area contributed by atoms with E-state index in [1.54, 1.807) is 24.3 Å². The number of carboxylic acid groups (broad SMARTS) is 3. The van der Waals surface area contributed by atoms with E-state index in [4.69, 9.17) is 24.8 Å². The number of carbonyl (C=O) groups excluding carboxylic acids is 3. The molecule has 14 nitrogen and oxygen atoms in total. The zero-order valence-corrected chi connectivity index (χ0v) is 25.1. The number of unbranched alkanes of at least 4 members (excludes halogenated alkanes) is 2. The van der Waals surface area contributed by atoms with Gasteiger partial charge in [0, 0.05) is 25.8 Å². The quantitative estimate of drug-likeness (QED) is 0.0911. The van der Waals surface area contributed by atoms with Gasteiger partial charge in [0.15, 0.2) is 0 Å². The lowest BCUT2D eigenvalue weighted by atomic mass is 10.0. The average Bonchev–Trinajstić information content (AvgIpc) is 3.00. The molecule has 0 heterocycles. The van der Waals surface area contributed by atoms with Crippen LogP contribution in [0.4, 0.5) is 0 Å². The highest BCUT2D eigenvalue weighted by molar-refractivity contribution is 5.96. The van der Waals surface area contributed by atoms with E-state index in [0.29, 0.717) is 23.4 Å². The Morgan fingerprint density at radius 2 is 1.24 bits per heavy atom. The second-order valence-corrected chi connectivity index (χ2v) is 10.1. The van der Waals surface area contributed by atoms with Crippen molar-refractivity contribution in [3.8, 4) is 11.5 Å². The van der Waals surface area contributed by atoms with Crippen molar-refractivity contribution in [1.29, 1.82) is 0 Å². The molecule has 2 rings (SSSR count). The van der Waals surface area contributed by atoms with Crippen molar-refractivity contribution in [1.82, 2.24) is 16.0 Å². The summed E-state index contributed by atoms with van der Waals surface area (Å²) in [6, 6.07) is 10.3. The summed E-state index contributed by atoms with van der Waals surface area (Å²) >= 11 is 0. The molecule has 0 unspecified atom stereocenters. The first-order valence-corrected chi connectivity index (χ1v) is 14.4. The van der Waals surface area contributed by atoms with Gasteiger partial charge in [0.05, 0.1) is 13.5 Å². The second kappa shape index (κ2) is 18.5. The van der Waals surface area contributed by atoms with Gasteiger partial charge in [-0.1, -0.05) is 44.0 Å². The van der Waals surface area contributed by atoms with E-state index in [1.807, 2.05) is 6.92 Å². The Hall–Kier alpha value is -5.14. The van der Waals surface area contributed by atoms with Crippen LogP contribution in [-0.4, -0.2) is 82.8 Å². The molecule has 0 spiro atoms. The summed E-state index contributed by atoms with van der Waals surface area (Å²) in [5.41, 5.74) is 1.21. The maximum atomic E-state index is 13.6. The van der Waals surface area contributed by atoms with E-state index in [9.17, 15) is 28.8 Å². The lowest BCUT2D eigenvalue weighted by molar-refractivity contribution is -0.159. The lowest BCUT2D eigenvalue weighted by Crippen LogP contribution is -2.55. The zero-order valence-electron chi connectivity index (χ0n) is 25.1. The molecule has 0 aliphatic heterocycles. The van der Waals surface area contributed by atoms with Crippen LogP contribution >= 0.6 is 0 Å². The van der Waals surface area contributed by atoms with E-state index in [-0.39, 0.29) is 25.0 Å². The van der Waals surface area contributed by atoms with Crippen LogP contribution in [0.5, 0.6) is 11.5 Å². The summed E-state index contributed by atoms with van der Waals surface area (Å²) in [7, 11) is 1.50. The summed E-state index contributed by atoms with van der Waals surface area (Å²) < 4.78 is 10.2. The molecule has 0 radical (unpaired) electrons. The van der Waals surface area contributed by atoms with Crippen molar-refractivity contribution in [3.05, 3.63) is 59.7 Å². The normalized spacial score (nSPS) is 12.0. The van der Waals surface area contributed by atoms with E-state index in [1.165, 1.54) is 31.4 Å². The predicted molar refractivity (Wildman–Crippen MR) is 160 cm³/mol. The molecule has 0 fully saturated rings. The Kier molecular flexibility index (Phi) is 14.8. The highest BCUT2D eigenvalue weighted by Gasteiger charge is 2.29. The fourth-order valence-corrected chi connectivity index (χ4v) is 4.17. The van der Waals surface area contributed by atoms with Gasteiger partial charge in [0.1, 0.15) is 23.6 Å². The molecular formula is C31H39N3O11. The first-order chi connectivity index (χ1) is 21.4. The minimum Gasteiger partial charge on any atom is -0.497 e. The molecule has 14 heteroatoms. The van der Waals surface area contributed by atoms with Gasteiger partial charge in [-0.2, -0.15) is 0 Å². The number of nitrogens with one attached hydrogen (secondary N) is 3. The van der Waals surface area contributed by atoms with Gasteiger partial charge in [0.25, 0.3) is 6.10 Å². The van der Waals surface area contributed by atoms with E-state index in [0.717, 1.165) is 19.3 Å². The summed E-state index contributed by atoms with van der Waals surface area (Å²) in [4.78, 5) is 72.5. The second-order valence-electron chi connectivity index (χ2n) is 10.1. The van der Waals surface area contributed by atoms with Crippen LogP contribution in [0.2, 0.25) is 0 Å². The summed E-state index contributed by atoms with van der Waals surface area (Å²) in [5, 5.41) is 35.1. The average molecular weight is 630 g/mol. The monoisotopic (exact) mass is 629 g/mol. The van der Waals surface area contributed by atoms with Crippen molar-refractivity contribution in [2.75, 3.05) is 13.7 Å². The van der Waals surface area contributed by atoms with E-state index >= 15 is 0 Å². The third-order valence-electron chi connectivity index (χ3n) is 6.59. The fraction of sp³-hybridized carbons (Fsp3) is 0.419. The van der Waals surface area contributed by atoms with Gasteiger partial charge in [-0.15, -0.1) is 0 Å². The number of carboxylic acids is 3. The maximum Gasteiger partial charge on any atom is 0.356 e. The van der Waals surface area contributed by atoms with Crippen molar-refractivity contribution in [2.24, 2.45) is 0 Å². The molecule has 3 amide bonds. The van der Waals surface area contributed by atoms with Gasteiger partial charge < -0.3 is 40.7 Å². The van der Waals surface area contributed by atoms with Crippen molar-refractivity contribution in [2.45, 2.75) is 70.1 Å². The van der Waals surface area contributed by atoms with Crippen molar-refractivity contribution >= 4 is 35.6 Å². The topological polar surface area (TPSA) is 218 Å². The molecule has 0 bridgehead atoms. The highest BCUT2D eigenvalue weighted by atomic mass is 16.5. The van der Waals surface area contributed by atoms with Crippen LogP contribution in [0.15, 0.2) is 48.5 Å². The smallest absolute Gasteiger partial charge is 0.356 e. The van der Waals surface area contributed by atoms with Crippen LogP contribution in [0.1, 0.15) is 50.2 Å². The molecule has 244 valence electrons. The van der Waals surface area contributed by atoms with Crippen molar-refractivity contribution < 1.29 is 53.6 Å². The van der Waals surface area contributed by atoms with E-state index in [2.05, 4.69) is 16.0 Å². The molecule has 0 saturated heterocycles. The Bertz CT molecular complexity index is 1300. The van der Waals surface area contributed by atoms with Crippen molar-refractivity contribution in [3.63, 3.8) is 0 Å². The third-order valence-corrected chi connectivity index (χ3v) is 6.59. The standard InChI is InChI=1S/C31H39N3O11/c1-3-4-5-16-32-28(38)23(17-20-8-12-22(13-9-20)45-27(30(40)41)31(42)43)34-29(39)24(33-25(35)14-15-26(36)37)18-19-6-10-21(44-2)11-7-19/h6-13,23-24,27H,3-5,14-18H2,1-2H3,(H,32,38)(H,33,35)(H,34,39)(H,36,37)(H,40,41)(H,42,43)/t23-,24-/m0/s1. The number of hydrogen-bond donors (Lipinski definition) is 6. The first-order valence-electron chi connectivity index (χ1n) is 14.4. The largest absolute Gasteiger partial charge is 0.497 e. The number of benzene rings is 2. The first kappa shape index (κ1) is 36.1. The minimum absolute atomic E-state index is 0.00482. The number of ether oxygens (including phenoxy) is 2. The van der Waals surface area contributed by atoms with Crippen LogP contribution in [0.3, 0.4) is 0 Å². The molecule has 0 aromatic heterocycles. The van der Waals surface area contributed by atoms with Gasteiger partial charge in [0.2, 0.25) is 17.7 Å². The SMILES string of the molecule is CCCCCNC(=O)[C@H](Cc1ccc(OC(C(=O)O)C(=O)O)cc1)NC(=O)[C@H](Cc1ccc(OC)cc1)NC(=O)CCC(=O)O. The van der Waals surface area contributed by atoms with Crippen LogP contribution in [-0.2, 0) is 41.6 Å². The maximum absolute atomic E-state index is 13.6. The molecular weight excluding hydrogens is 590 g/mol. The number of rotatable bonds is 20. The van der Waals surface area contributed by atoms with Crippen LogP contribution < -0.4 is 25.4 Å². The molecule has 0 saturated carbocycles. The number of aliphatic carboxylic acids is 3. The van der Waals surface area contributed by atoms with Gasteiger partial charge in [-0.05, 0) is 41.8 Å². The summed E-state index contributed by atoms with van der Waals surface area (Å²) in [6.45, 7) is 2.39. The zero-order chi connectivity index (χ0) is 33.4. The summed E-state index contributed by atoms with van der Waals surface area (Å²) in [5.74, 6) is -5.75. The Morgan fingerprint density at radius 1 is 0.711 bits per heavy atom. The molecule has 0 aliphatic carbocycles. The molecule has 0 aliphatic rings. The number of amides is 3. The van der Waals surface area contributed by atoms with Gasteiger partial charge >= 0.3 is 17.9 Å².